The second kappa shape index (κ2) is 3.04. The van der Waals surface area contributed by atoms with Crippen molar-refractivity contribution < 1.29 is 0 Å². The van der Waals surface area contributed by atoms with Crippen LogP contribution in [0.15, 0.2) is 12.1 Å². The van der Waals surface area contributed by atoms with Crippen LogP contribution in [0.25, 0.3) is 0 Å². The maximum Gasteiger partial charge on any atom is 0.0991 e. The molecule has 11 heavy (non-hydrogen) atoms. The molecule has 0 fully saturated rings. The number of rotatable bonds is 1. The van der Waals surface area contributed by atoms with E-state index in [-0.39, 0.29) is 0 Å². The SMILES string of the molecule is N#Cc1c[c]c(N)c(CN)c1. The Hall–Kier alpha value is -1.53. The molecule has 1 radical (unpaired) electrons. The average Bonchev–Trinajstić information content (AvgIpc) is 2.05. The molecule has 0 aromatic heterocycles. The molecule has 1 aromatic rings. The van der Waals surface area contributed by atoms with E-state index in [1.807, 2.05) is 6.07 Å². The van der Waals surface area contributed by atoms with Crippen LogP contribution in [0, 0.1) is 17.4 Å². The molecule has 0 amide bonds. The Balaban J connectivity index is 3.15. The number of nitriles is 1. The first-order valence-electron chi connectivity index (χ1n) is 3.18. The summed E-state index contributed by atoms with van der Waals surface area (Å²) in [7, 11) is 0. The monoisotopic (exact) mass is 146 g/mol. The van der Waals surface area contributed by atoms with Crippen molar-refractivity contribution in [2.24, 2.45) is 5.73 Å². The lowest BCUT2D eigenvalue weighted by atomic mass is 10.1. The third-order valence-corrected chi connectivity index (χ3v) is 1.41. The minimum absolute atomic E-state index is 0.345. The molecule has 0 heterocycles. The van der Waals surface area contributed by atoms with Crippen molar-refractivity contribution in [3.05, 3.63) is 29.3 Å². The second-order valence-corrected chi connectivity index (χ2v) is 2.14. The third kappa shape index (κ3) is 1.48. The minimum atomic E-state index is 0.345. The molecular formula is C8H8N3. The van der Waals surface area contributed by atoms with Crippen molar-refractivity contribution in [2.45, 2.75) is 6.54 Å². The Kier molecular flexibility index (Phi) is 2.09. The van der Waals surface area contributed by atoms with Gasteiger partial charge < -0.3 is 11.5 Å². The summed E-state index contributed by atoms with van der Waals surface area (Å²) in [5, 5.41) is 8.50. The van der Waals surface area contributed by atoms with Crippen LogP contribution in [0.1, 0.15) is 11.1 Å². The molecule has 0 aliphatic heterocycles. The van der Waals surface area contributed by atoms with Crippen molar-refractivity contribution >= 4 is 5.69 Å². The van der Waals surface area contributed by atoms with Gasteiger partial charge in [0.15, 0.2) is 0 Å². The molecule has 55 valence electrons. The first-order chi connectivity index (χ1) is 5.27. The molecule has 0 aliphatic rings. The highest BCUT2D eigenvalue weighted by atomic mass is 14.6. The van der Waals surface area contributed by atoms with Gasteiger partial charge in [0.25, 0.3) is 0 Å². The van der Waals surface area contributed by atoms with Gasteiger partial charge in [0, 0.05) is 18.3 Å². The summed E-state index contributed by atoms with van der Waals surface area (Å²) in [6.45, 7) is 0.345. The number of nitrogens with zero attached hydrogens (tertiary/aromatic N) is 1. The van der Waals surface area contributed by atoms with Gasteiger partial charge in [0.05, 0.1) is 11.6 Å². The molecule has 0 spiro atoms. The molecule has 4 N–H and O–H groups in total. The Morgan fingerprint density at radius 2 is 2.36 bits per heavy atom. The molecule has 1 rings (SSSR count). The topological polar surface area (TPSA) is 75.8 Å². The summed E-state index contributed by atoms with van der Waals surface area (Å²) < 4.78 is 0. The van der Waals surface area contributed by atoms with Crippen LogP contribution in [0.5, 0.6) is 0 Å². The number of nitrogen functional groups attached to an aromatic ring is 1. The number of hydrogen-bond donors (Lipinski definition) is 2. The Morgan fingerprint density at radius 1 is 1.64 bits per heavy atom. The van der Waals surface area contributed by atoms with Gasteiger partial charge in [0.1, 0.15) is 0 Å². The lowest BCUT2D eigenvalue weighted by Crippen LogP contribution is -2.01. The zero-order valence-electron chi connectivity index (χ0n) is 5.96. The summed E-state index contributed by atoms with van der Waals surface area (Å²) in [6, 6.07) is 7.95. The van der Waals surface area contributed by atoms with E-state index in [1.54, 1.807) is 12.1 Å². The number of anilines is 1. The van der Waals surface area contributed by atoms with E-state index >= 15 is 0 Å². The van der Waals surface area contributed by atoms with Gasteiger partial charge in [-0.1, -0.05) is 0 Å². The van der Waals surface area contributed by atoms with Crippen LogP contribution in [0.3, 0.4) is 0 Å². The van der Waals surface area contributed by atoms with Crippen molar-refractivity contribution in [2.75, 3.05) is 5.73 Å². The minimum Gasteiger partial charge on any atom is -0.398 e. The first-order valence-corrected chi connectivity index (χ1v) is 3.18. The van der Waals surface area contributed by atoms with Gasteiger partial charge in [-0.05, 0) is 17.7 Å². The maximum absolute atomic E-state index is 8.50. The van der Waals surface area contributed by atoms with Gasteiger partial charge in [-0.15, -0.1) is 0 Å². The summed E-state index contributed by atoms with van der Waals surface area (Å²) >= 11 is 0. The predicted molar refractivity (Wildman–Crippen MR) is 42.3 cm³/mol. The molecule has 0 atom stereocenters. The fourth-order valence-corrected chi connectivity index (χ4v) is 0.789. The molecule has 1 aromatic carbocycles. The Morgan fingerprint density at radius 3 is 2.91 bits per heavy atom. The molecule has 0 saturated carbocycles. The van der Waals surface area contributed by atoms with Crippen LogP contribution in [-0.4, -0.2) is 0 Å². The van der Waals surface area contributed by atoms with Crippen LogP contribution in [0.4, 0.5) is 5.69 Å². The van der Waals surface area contributed by atoms with Crippen molar-refractivity contribution in [1.29, 1.82) is 5.26 Å². The molecule has 0 unspecified atom stereocenters. The Bertz CT molecular complexity index is 299. The fraction of sp³-hybridized carbons (Fsp3) is 0.125. The van der Waals surface area contributed by atoms with E-state index in [0.29, 0.717) is 17.8 Å². The van der Waals surface area contributed by atoms with E-state index in [0.717, 1.165) is 5.56 Å². The number of hydrogen-bond acceptors (Lipinski definition) is 3. The summed E-state index contributed by atoms with van der Waals surface area (Å²) in [5.41, 5.74) is 12.7. The summed E-state index contributed by atoms with van der Waals surface area (Å²) in [6.07, 6.45) is 0. The van der Waals surface area contributed by atoms with Crippen LogP contribution in [-0.2, 0) is 6.54 Å². The molecule has 3 nitrogen and oxygen atoms in total. The Labute approximate surface area is 65.2 Å². The zero-order chi connectivity index (χ0) is 8.27. The smallest absolute Gasteiger partial charge is 0.0991 e. The molecule has 0 aliphatic carbocycles. The first kappa shape index (κ1) is 7.58. The highest BCUT2D eigenvalue weighted by Crippen LogP contribution is 2.11. The standard InChI is InChI=1S/C8H8N3/c9-4-6-1-2-8(11)7(3-6)5-10/h1,3H,5,10-11H2. The van der Waals surface area contributed by atoms with Gasteiger partial charge in [-0.25, -0.2) is 0 Å². The summed E-state index contributed by atoms with van der Waals surface area (Å²) in [4.78, 5) is 0. The molecule has 0 bridgehead atoms. The van der Waals surface area contributed by atoms with Crippen molar-refractivity contribution in [3.63, 3.8) is 0 Å². The molecule has 0 saturated heterocycles. The van der Waals surface area contributed by atoms with E-state index in [2.05, 4.69) is 6.07 Å². The largest absolute Gasteiger partial charge is 0.398 e. The van der Waals surface area contributed by atoms with E-state index in [9.17, 15) is 0 Å². The van der Waals surface area contributed by atoms with Crippen LogP contribution in [0.2, 0.25) is 0 Å². The predicted octanol–water partition coefficient (Wildman–Crippen LogP) is 0.399. The average molecular weight is 146 g/mol. The lowest BCUT2D eigenvalue weighted by Gasteiger charge is -2.00. The molecule has 3 heteroatoms. The fourth-order valence-electron chi connectivity index (χ4n) is 0.789. The third-order valence-electron chi connectivity index (χ3n) is 1.41. The highest BCUT2D eigenvalue weighted by Gasteiger charge is 1.97. The zero-order valence-corrected chi connectivity index (χ0v) is 5.96. The normalized spacial score (nSPS) is 9.09. The van der Waals surface area contributed by atoms with Gasteiger partial charge >= 0.3 is 0 Å². The van der Waals surface area contributed by atoms with Gasteiger partial charge in [-0.2, -0.15) is 5.26 Å². The number of benzene rings is 1. The maximum atomic E-state index is 8.50. The van der Waals surface area contributed by atoms with Gasteiger partial charge in [-0.3, -0.25) is 0 Å². The van der Waals surface area contributed by atoms with Crippen LogP contribution < -0.4 is 11.5 Å². The lowest BCUT2D eigenvalue weighted by molar-refractivity contribution is 1.07. The van der Waals surface area contributed by atoms with Crippen molar-refractivity contribution in [1.82, 2.24) is 0 Å². The quantitative estimate of drug-likeness (QED) is 0.563. The van der Waals surface area contributed by atoms with E-state index < -0.39 is 0 Å². The highest BCUT2D eigenvalue weighted by molar-refractivity contribution is 5.49. The van der Waals surface area contributed by atoms with Crippen LogP contribution >= 0.6 is 0 Å². The van der Waals surface area contributed by atoms with E-state index in [1.165, 1.54) is 0 Å². The van der Waals surface area contributed by atoms with Gasteiger partial charge in [0.2, 0.25) is 0 Å². The second-order valence-electron chi connectivity index (χ2n) is 2.14. The molecular weight excluding hydrogens is 138 g/mol. The van der Waals surface area contributed by atoms with Crippen molar-refractivity contribution in [3.8, 4) is 6.07 Å². The number of nitrogens with two attached hydrogens (primary N) is 2. The van der Waals surface area contributed by atoms with E-state index in [4.69, 9.17) is 16.7 Å². The summed E-state index contributed by atoms with van der Waals surface area (Å²) in [5.74, 6) is 0.